The number of carboxylic acids is 1. The van der Waals surface area contributed by atoms with Crippen molar-refractivity contribution in [2.45, 2.75) is 70.1 Å². The summed E-state index contributed by atoms with van der Waals surface area (Å²) in [6.45, 7) is 2.87. The van der Waals surface area contributed by atoms with Crippen LogP contribution in [0.5, 0.6) is 5.75 Å². The van der Waals surface area contributed by atoms with Gasteiger partial charge in [0.2, 0.25) is 23.6 Å². The Balaban J connectivity index is 1.93. The van der Waals surface area contributed by atoms with E-state index in [9.17, 15) is 34.2 Å². The molecule has 0 fully saturated rings. The summed E-state index contributed by atoms with van der Waals surface area (Å²) in [5, 5.41) is 28.8. The average Bonchev–Trinajstić information content (AvgIpc) is 2.94. The Bertz CT molecular complexity index is 1170. The van der Waals surface area contributed by atoms with Gasteiger partial charge in [0.25, 0.3) is 0 Å². The fourth-order valence-electron chi connectivity index (χ4n) is 3.93. The zero-order valence-electron chi connectivity index (χ0n) is 23.3. The topological polar surface area (TPSA) is 200 Å². The van der Waals surface area contributed by atoms with Crippen molar-refractivity contribution in [3.05, 3.63) is 65.7 Å². The fourth-order valence-corrected chi connectivity index (χ4v) is 3.93. The van der Waals surface area contributed by atoms with Crippen molar-refractivity contribution in [2.24, 2.45) is 5.73 Å². The number of rotatable bonds is 16. The quantitative estimate of drug-likeness (QED) is 0.150. The number of nitrogens with two attached hydrogens (primary N) is 1. The summed E-state index contributed by atoms with van der Waals surface area (Å²) in [7, 11) is 0. The van der Waals surface area contributed by atoms with Gasteiger partial charge in [-0.15, -0.1) is 0 Å². The summed E-state index contributed by atoms with van der Waals surface area (Å²) in [6, 6.07) is 11.0. The van der Waals surface area contributed by atoms with Gasteiger partial charge in [-0.1, -0.05) is 62.2 Å². The highest BCUT2D eigenvalue weighted by Gasteiger charge is 2.27. The van der Waals surface area contributed by atoms with E-state index >= 15 is 0 Å². The first-order chi connectivity index (χ1) is 19.5. The second-order valence-electron chi connectivity index (χ2n) is 9.78. The third-order valence-corrected chi connectivity index (χ3v) is 6.30. The van der Waals surface area contributed by atoms with Gasteiger partial charge in [-0.25, -0.2) is 4.79 Å². The first-order valence-corrected chi connectivity index (χ1v) is 13.5. The summed E-state index contributed by atoms with van der Waals surface area (Å²) < 4.78 is 0. The van der Waals surface area contributed by atoms with Crippen molar-refractivity contribution < 1.29 is 34.2 Å². The Morgan fingerprint density at radius 2 is 1.44 bits per heavy atom. The third-order valence-electron chi connectivity index (χ3n) is 6.30. The normalized spacial score (nSPS) is 13.6. The Morgan fingerprint density at radius 1 is 0.805 bits per heavy atom. The number of nitrogens with one attached hydrogen (secondary N) is 4. The van der Waals surface area contributed by atoms with E-state index in [0.29, 0.717) is 6.42 Å². The van der Waals surface area contributed by atoms with E-state index in [1.807, 2.05) is 6.92 Å². The lowest BCUT2D eigenvalue weighted by molar-refractivity contribution is -0.142. The SMILES string of the molecule is CCCC[C@H](NC(=O)[C@H](Cc1ccccc1)NC(=O)CNC(=O)[C@@H](C)NC(=O)[C@@H](N)Cc1ccc(O)cc1)C(=O)O. The minimum absolute atomic E-state index is 0.0875. The van der Waals surface area contributed by atoms with Crippen LogP contribution in [0.15, 0.2) is 54.6 Å². The average molecular weight is 570 g/mol. The van der Waals surface area contributed by atoms with Gasteiger partial charge in [-0.3, -0.25) is 19.2 Å². The van der Waals surface area contributed by atoms with Gasteiger partial charge in [0, 0.05) is 6.42 Å². The largest absolute Gasteiger partial charge is 0.508 e. The molecular weight excluding hydrogens is 530 g/mol. The van der Waals surface area contributed by atoms with Gasteiger partial charge in [-0.05, 0) is 43.0 Å². The predicted molar refractivity (Wildman–Crippen MR) is 152 cm³/mol. The second kappa shape index (κ2) is 16.6. The van der Waals surface area contributed by atoms with Crippen LogP contribution in [0.4, 0.5) is 0 Å². The maximum absolute atomic E-state index is 13.0. The van der Waals surface area contributed by atoms with Crippen molar-refractivity contribution in [3.63, 3.8) is 0 Å². The maximum Gasteiger partial charge on any atom is 0.326 e. The minimum atomic E-state index is -1.16. The molecule has 4 amide bonds. The van der Waals surface area contributed by atoms with Gasteiger partial charge in [0.15, 0.2) is 0 Å². The number of phenols is 1. The molecule has 41 heavy (non-hydrogen) atoms. The summed E-state index contributed by atoms with van der Waals surface area (Å²) >= 11 is 0. The first kappa shape index (κ1) is 32.8. The molecule has 2 aromatic carbocycles. The van der Waals surface area contributed by atoms with Crippen LogP contribution in [-0.2, 0) is 36.8 Å². The summed E-state index contributed by atoms with van der Waals surface area (Å²) in [6.07, 6.45) is 1.91. The molecule has 4 atom stereocenters. The lowest BCUT2D eigenvalue weighted by Crippen LogP contribution is -2.55. The van der Waals surface area contributed by atoms with Gasteiger partial charge in [-0.2, -0.15) is 0 Å². The summed E-state index contributed by atoms with van der Waals surface area (Å²) in [4.78, 5) is 62.2. The van der Waals surface area contributed by atoms with E-state index in [-0.39, 0.29) is 25.0 Å². The molecule has 0 bridgehead atoms. The molecule has 12 nitrogen and oxygen atoms in total. The van der Waals surface area contributed by atoms with E-state index in [0.717, 1.165) is 17.5 Å². The van der Waals surface area contributed by atoms with E-state index in [1.54, 1.807) is 42.5 Å². The van der Waals surface area contributed by atoms with Crippen LogP contribution in [0.1, 0.15) is 44.2 Å². The van der Waals surface area contributed by atoms with Gasteiger partial charge < -0.3 is 37.2 Å². The number of aromatic hydroxyl groups is 1. The number of carboxylic acid groups (broad SMARTS) is 1. The van der Waals surface area contributed by atoms with Crippen LogP contribution >= 0.6 is 0 Å². The Labute approximate surface area is 239 Å². The molecule has 2 aromatic rings. The number of hydrogen-bond donors (Lipinski definition) is 7. The standard InChI is InChI=1S/C29H39N5O7/c1-3-4-10-23(29(40)41)34-28(39)24(16-19-8-6-5-7-9-19)33-25(36)17-31-26(37)18(2)32-27(38)22(30)15-20-11-13-21(35)14-12-20/h5-9,11-14,18,22-24,35H,3-4,10,15-17,30H2,1-2H3,(H,31,37)(H,32,38)(H,33,36)(H,34,39)(H,40,41)/t18-,22+,23+,24+/m1/s1. The number of aliphatic carboxylic acids is 1. The number of benzene rings is 2. The van der Waals surface area contributed by atoms with E-state index in [2.05, 4.69) is 21.3 Å². The molecule has 8 N–H and O–H groups in total. The molecule has 0 aromatic heterocycles. The lowest BCUT2D eigenvalue weighted by atomic mass is 10.0. The number of unbranched alkanes of at least 4 members (excludes halogenated alkanes) is 1. The predicted octanol–water partition coefficient (Wildman–Crippen LogP) is 0.370. The van der Waals surface area contributed by atoms with Crippen molar-refractivity contribution in [2.75, 3.05) is 6.54 Å². The maximum atomic E-state index is 13.0. The Kier molecular flexibility index (Phi) is 13.3. The molecular formula is C29H39N5O7. The van der Waals surface area contributed by atoms with Gasteiger partial charge in [0.1, 0.15) is 23.9 Å². The molecule has 0 saturated heterocycles. The Morgan fingerprint density at radius 3 is 2.05 bits per heavy atom. The van der Waals surface area contributed by atoms with E-state index in [4.69, 9.17) is 5.73 Å². The molecule has 0 saturated carbocycles. The van der Waals surface area contributed by atoms with Crippen molar-refractivity contribution in [1.29, 1.82) is 0 Å². The van der Waals surface area contributed by atoms with Crippen LogP contribution < -0.4 is 27.0 Å². The van der Waals surface area contributed by atoms with Crippen LogP contribution in [-0.4, -0.2) is 70.5 Å². The van der Waals surface area contributed by atoms with Gasteiger partial charge in [0.05, 0.1) is 12.6 Å². The molecule has 12 heteroatoms. The Hall–Kier alpha value is -4.45. The molecule has 2 rings (SSSR count). The number of hydrogen-bond acceptors (Lipinski definition) is 7. The first-order valence-electron chi connectivity index (χ1n) is 13.5. The molecule has 222 valence electrons. The van der Waals surface area contributed by atoms with Crippen LogP contribution in [0.25, 0.3) is 0 Å². The molecule has 0 radical (unpaired) electrons. The number of carbonyl (C=O) groups is 5. The fraction of sp³-hybridized carbons (Fsp3) is 0.414. The minimum Gasteiger partial charge on any atom is -0.508 e. The number of amides is 4. The highest BCUT2D eigenvalue weighted by atomic mass is 16.4. The highest BCUT2D eigenvalue weighted by molar-refractivity contribution is 5.94. The monoisotopic (exact) mass is 569 g/mol. The highest BCUT2D eigenvalue weighted by Crippen LogP contribution is 2.11. The lowest BCUT2D eigenvalue weighted by Gasteiger charge is -2.22. The summed E-state index contributed by atoms with van der Waals surface area (Å²) in [5.41, 5.74) is 7.42. The summed E-state index contributed by atoms with van der Waals surface area (Å²) in [5.74, 6) is -3.61. The molecule has 0 spiro atoms. The van der Waals surface area contributed by atoms with Crippen LogP contribution in [0, 0.1) is 0 Å². The van der Waals surface area contributed by atoms with E-state index in [1.165, 1.54) is 19.1 Å². The van der Waals surface area contributed by atoms with Crippen LogP contribution in [0.3, 0.4) is 0 Å². The molecule has 0 unspecified atom stereocenters. The number of phenolic OH excluding ortho intramolecular Hbond substituents is 1. The molecule has 0 aliphatic rings. The van der Waals surface area contributed by atoms with E-state index < -0.39 is 60.3 Å². The zero-order valence-corrected chi connectivity index (χ0v) is 23.3. The van der Waals surface area contributed by atoms with Gasteiger partial charge >= 0.3 is 5.97 Å². The molecule has 0 aliphatic heterocycles. The smallest absolute Gasteiger partial charge is 0.326 e. The van der Waals surface area contributed by atoms with Crippen molar-refractivity contribution in [1.82, 2.24) is 21.3 Å². The molecule has 0 aliphatic carbocycles. The zero-order chi connectivity index (χ0) is 30.4. The second-order valence-corrected chi connectivity index (χ2v) is 9.78. The number of carbonyl (C=O) groups excluding carboxylic acids is 4. The van der Waals surface area contributed by atoms with Crippen molar-refractivity contribution >= 4 is 29.6 Å². The molecule has 0 heterocycles. The van der Waals surface area contributed by atoms with Crippen molar-refractivity contribution in [3.8, 4) is 5.75 Å². The third kappa shape index (κ3) is 11.7. The van der Waals surface area contributed by atoms with Crippen LogP contribution in [0.2, 0.25) is 0 Å².